The monoisotopic (exact) mass is 304 g/mol. The van der Waals surface area contributed by atoms with Gasteiger partial charge in [-0.25, -0.2) is 0 Å². The maximum Gasteiger partial charge on any atom is 0.334 e. The van der Waals surface area contributed by atoms with E-state index in [0.29, 0.717) is 0 Å². The predicted octanol–water partition coefficient (Wildman–Crippen LogP) is 2.47. The van der Waals surface area contributed by atoms with Crippen molar-refractivity contribution < 1.29 is 17.1 Å². The van der Waals surface area contributed by atoms with Gasteiger partial charge in [0.05, 0.1) is 17.3 Å². The number of hydrogen-bond acceptors (Lipinski definition) is 4. The number of anilines is 1. The number of benzene rings is 2. The van der Waals surface area contributed by atoms with Gasteiger partial charge in [-0.15, -0.1) is 3.89 Å². The van der Waals surface area contributed by atoms with E-state index in [1.165, 1.54) is 42.5 Å². The van der Waals surface area contributed by atoms with E-state index in [1.807, 2.05) is 6.07 Å². The fourth-order valence-corrected chi connectivity index (χ4v) is 2.33. The molecule has 2 aromatic carbocycles. The molecule has 0 aliphatic carbocycles. The minimum atomic E-state index is -4.94. The van der Waals surface area contributed by atoms with E-state index in [0.717, 1.165) is 6.07 Å². The van der Waals surface area contributed by atoms with Gasteiger partial charge in [-0.3, -0.25) is 4.79 Å². The lowest BCUT2D eigenvalue weighted by Gasteiger charge is -2.08. The Kier molecular flexibility index (Phi) is 4.00. The molecule has 0 heterocycles. The molecule has 0 aliphatic rings. The Morgan fingerprint density at radius 1 is 1.14 bits per heavy atom. The minimum Gasteiger partial charge on any atom is -0.321 e. The van der Waals surface area contributed by atoms with Crippen molar-refractivity contribution in [3.05, 3.63) is 59.7 Å². The van der Waals surface area contributed by atoms with E-state index in [4.69, 9.17) is 5.26 Å². The van der Waals surface area contributed by atoms with Gasteiger partial charge in [0.15, 0.2) is 0 Å². The second-order valence-corrected chi connectivity index (χ2v) is 5.40. The average molecular weight is 304 g/mol. The molecule has 7 heteroatoms. The zero-order valence-corrected chi connectivity index (χ0v) is 11.4. The number of carbonyl (C=O) groups excluding carboxylic acids is 1. The van der Waals surface area contributed by atoms with Gasteiger partial charge in [-0.05, 0) is 30.3 Å². The summed E-state index contributed by atoms with van der Waals surface area (Å²) < 4.78 is 35.2. The van der Waals surface area contributed by atoms with Crippen LogP contribution in [0.2, 0.25) is 0 Å². The fourth-order valence-electron chi connectivity index (χ4n) is 1.71. The first kappa shape index (κ1) is 14.7. The summed E-state index contributed by atoms with van der Waals surface area (Å²) >= 11 is 0. The first-order chi connectivity index (χ1) is 9.91. The minimum absolute atomic E-state index is 0.160. The molecule has 0 aromatic heterocycles. The molecule has 0 spiro atoms. The van der Waals surface area contributed by atoms with Crippen molar-refractivity contribution in [2.45, 2.75) is 4.90 Å². The lowest BCUT2D eigenvalue weighted by Crippen LogP contribution is -2.14. The molecule has 0 atom stereocenters. The first-order valence-electron chi connectivity index (χ1n) is 5.77. The van der Waals surface area contributed by atoms with E-state index in [2.05, 4.69) is 5.32 Å². The number of para-hydroxylation sites is 1. The standard InChI is InChI=1S/C14H9FN2O3S/c15-21(19,20)13-7-2-1-6-12(13)17-14(18)11-5-3-4-10(8-11)9-16/h1-8H,(H,17,18). The number of carbonyl (C=O) groups is 1. The maximum absolute atomic E-state index is 13.1. The van der Waals surface area contributed by atoms with Gasteiger partial charge in [0.25, 0.3) is 5.91 Å². The van der Waals surface area contributed by atoms with Gasteiger partial charge >= 0.3 is 10.2 Å². The quantitative estimate of drug-likeness (QED) is 0.882. The van der Waals surface area contributed by atoms with Crippen molar-refractivity contribution in [2.75, 3.05) is 5.32 Å². The Morgan fingerprint density at radius 3 is 2.52 bits per heavy atom. The van der Waals surface area contributed by atoms with Crippen molar-refractivity contribution in [3.63, 3.8) is 0 Å². The lowest BCUT2D eigenvalue weighted by molar-refractivity contribution is 0.102. The van der Waals surface area contributed by atoms with Crippen molar-refractivity contribution in [3.8, 4) is 6.07 Å². The Labute approximate surface area is 120 Å². The molecule has 21 heavy (non-hydrogen) atoms. The Morgan fingerprint density at radius 2 is 1.86 bits per heavy atom. The van der Waals surface area contributed by atoms with Crippen LogP contribution in [0, 0.1) is 11.3 Å². The zero-order valence-electron chi connectivity index (χ0n) is 10.6. The highest BCUT2D eigenvalue weighted by Crippen LogP contribution is 2.23. The topological polar surface area (TPSA) is 87.0 Å². The van der Waals surface area contributed by atoms with Crippen LogP contribution in [-0.2, 0) is 10.2 Å². The van der Waals surface area contributed by atoms with E-state index in [9.17, 15) is 17.1 Å². The molecular weight excluding hydrogens is 295 g/mol. The summed E-state index contributed by atoms with van der Waals surface area (Å²) in [7, 11) is -4.94. The number of hydrogen-bond donors (Lipinski definition) is 1. The van der Waals surface area contributed by atoms with Crippen LogP contribution in [0.1, 0.15) is 15.9 Å². The van der Waals surface area contributed by atoms with Gasteiger partial charge in [-0.2, -0.15) is 13.7 Å². The van der Waals surface area contributed by atoms with E-state index < -0.39 is 21.0 Å². The molecule has 2 aromatic rings. The normalized spacial score (nSPS) is 10.7. The molecule has 5 nitrogen and oxygen atoms in total. The number of halogens is 1. The predicted molar refractivity (Wildman–Crippen MR) is 73.8 cm³/mol. The summed E-state index contributed by atoms with van der Waals surface area (Å²) in [6, 6.07) is 12.9. The van der Waals surface area contributed by atoms with Gasteiger partial charge in [0, 0.05) is 5.56 Å². The van der Waals surface area contributed by atoms with Crippen LogP contribution in [0.4, 0.5) is 9.57 Å². The van der Waals surface area contributed by atoms with Crippen LogP contribution in [0.15, 0.2) is 53.4 Å². The molecular formula is C14H9FN2O3S. The molecule has 0 bridgehead atoms. The molecule has 0 unspecified atom stereocenters. The van der Waals surface area contributed by atoms with Gasteiger partial charge in [0.2, 0.25) is 0 Å². The number of amides is 1. The molecule has 2 rings (SSSR count). The van der Waals surface area contributed by atoms with Crippen LogP contribution < -0.4 is 5.32 Å². The molecule has 0 radical (unpaired) electrons. The Hall–Kier alpha value is -2.72. The molecule has 0 fully saturated rings. The Balaban J connectivity index is 2.35. The second kappa shape index (κ2) is 5.73. The smallest absolute Gasteiger partial charge is 0.321 e. The Bertz CT molecular complexity index is 841. The summed E-state index contributed by atoms with van der Waals surface area (Å²) in [4.78, 5) is 11.4. The SMILES string of the molecule is N#Cc1cccc(C(=O)Nc2ccccc2S(=O)(=O)F)c1. The van der Waals surface area contributed by atoms with Gasteiger partial charge in [-0.1, -0.05) is 18.2 Å². The highest BCUT2D eigenvalue weighted by atomic mass is 32.3. The van der Waals surface area contributed by atoms with E-state index in [-0.39, 0.29) is 16.8 Å². The van der Waals surface area contributed by atoms with Crippen molar-refractivity contribution in [1.29, 1.82) is 5.26 Å². The number of nitrogens with one attached hydrogen (secondary N) is 1. The maximum atomic E-state index is 13.1. The molecule has 106 valence electrons. The van der Waals surface area contributed by atoms with E-state index >= 15 is 0 Å². The second-order valence-electron chi connectivity index (χ2n) is 4.08. The highest BCUT2D eigenvalue weighted by Gasteiger charge is 2.18. The number of rotatable bonds is 3. The first-order valence-corrected chi connectivity index (χ1v) is 7.15. The fraction of sp³-hybridized carbons (Fsp3) is 0. The summed E-state index contributed by atoms with van der Waals surface area (Å²) in [5.74, 6) is -0.636. The van der Waals surface area contributed by atoms with Crippen LogP contribution in [0.25, 0.3) is 0 Å². The van der Waals surface area contributed by atoms with Crippen LogP contribution >= 0.6 is 0 Å². The largest absolute Gasteiger partial charge is 0.334 e. The van der Waals surface area contributed by atoms with Crippen molar-refractivity contribution in [2.24, 2.45) is 0 Å². The third-order valence-electron chi connectivity index (χ3n) is 2.65. The van der Waals surface area contributed by atoms with Crippen LogP contribution in [0.3, 0.4) is 0 Å². The molecule has 0 saturated heterocycles. The molecule has 1 N–H and O–H groups in total. The molecule has 0 aliphatic heterocycles. The third kappa shape index (κ3) is 3.43. The van der Waals surface area contributed by atoms with Crippen molar-refractivity contribution in [1.82, 2.24) is 0 Å². The van der Waals surface area contributed by atoms with Crippen molar-refractivity contribution >= 4 is 21.8 Å². The highest BCUT2D eigenvalue weighted by molar-refractivity contribution is 7.86. The number of nitriles is 1. The summed E-state index contributed by atoms with van der Waals surface area (Å²) in [6.07, 6.45) is 0. The van der Waals surface area contributed by atoms with Gasteiger partial charge in [0.1, 0.15) is 4.90 Å². The zero-order chi connectivity index (χ0) is 15.5. The number of nitrogens with zero attached hydrogens (tertiary/aromatic N) is 1. The summed E-state index contributed by atoms with van der Waals surface area (Å²) in [6.45, 7) is 0. The summed E-state index contributed by atoms with van der Waals surface area (Å²) in [5.41, 5.74) is 0.293. The van der Waals surface area contributed by atoms with Crippen LogP contribution in [0.5, 0.6) is 0 Å². The average Bonchev–Trinajstić information content (AvgIpc) is 2.46. The molecule has 0 saturated carbocycles. The van der Waals surface area contributed by atoms with E-state index in [1.54, 1.807) is 0 Å². The molecule has 1 amide bonds. The van der Waals surface area contributed by atoms with Gasteiger partial charge < -0.3 is 5.32 Å². The summed E-state index contributed by atoms with van der Waals surface area (Å²) in [5, 5.41) is 11.1. The lowest BCUT2D eigenvalue weighted by atomic mass is 10.1. The van der Waals surface area contributed by atoms with Crippen LogP contribution in [-0.4, -0.2) is 14.3 Å². The third-order valence-corrected chi connectivity index (χ3v) is 3.53.